The first-order chi connectivity index (χ1) is 9.74. The average molecular weight is 312 g/mol. The second-order valence-electron chi connectivity index (χ2n) is 6.25. The summed E-state index contributed by atoms with van der Waals surface area (Å²) in [4.78, 5) is 0. The summed E-state index contributed by atoms with van der Waals surface area (Å²) in [5.41, 5.74) is 0.981. The van der Waals surface area contributed by atoms with Crippen LogP contribution < -0.4 is 4.72 Å². The summed E-state index contributed by atoms with van der Waals surface area (Å²) in [6.45, 7) is 9.39. The third-order valence-corrected chi connectivity index (χ3v) is 5.35. The van der Waals surface area contributed by atoms with Crippen LogP contribution in [-0.4, -0.2) is 26.3 Å². The molecule has 1 N–H and O–H groups in total. The van der Waals surface area contributed by atoms with Crippen LogP contribution in [0.25, 0.3) is 0 Å². The van der Waals surface area contributed by atoms with Crippen molar-refractivity contribution in [3.63, 3.8) is 0 Å². The zero-order valence-electron chi connectivity index (χ0n) is 13.7. The van der Waals surface area contributed by atoms with Gasteiger partial charge in [0.2, 0.25) is 0 Å². The Kier molecular flexibility index (Phi) is 6.84. The van der Waals surface area contributed by atoms with Crippen LogP contribution in [0.15, 0.2) is 30.3 Å². The smallest absolute Gasteiger partial charge is 0.202 e. The van der Waals surface area contributed by atoms with Crippen molar-refractivity contribution in [2.75, 3.05) is 13.6 Å². The predicted octanol–water partition coefficient (Wildman–Crippen LogP) is 2.88. The van der Waals surface area contributed by atoms with E-state index in [9.17, 15) is 8.42 Å². The van der Waals surface area contributed by atoms with Crippen LogP contribution in [-0.2, 0) is 16.8 Å². The molecule has 0 radical (unpaired) electrons. The molecule has 0 saturated heterocycles. The Morgan fingerprint density at radius 2 is 1.57 bits per heavy atom. The average Bonchev–Trinajstić information content (AvgIpc) is 2.38. The number of rotatable bonds is 8. The number of hydrogen-bond donors (Lipinski definition) is 1. The maximum absolute atomic E-state index is 12.3. The molecule has 0 bridgehead atoms. The first-order valence-electron chi connectivity index (χ1n) is 7.49. The van der Waals surface area contributed by atoms with Crippen LogP contribution in [0.1, 0.15) is 33.3 Å². The Balaban J connectivity index is 2.64. The second kappa shape index (κ2) is 7.92. The van der Waals surface area contributed by atoms with Crippen molar-refractivity contribution < 1.29 is 8.42 Å². The van der Waals surface area contributed by atoms with Crippen molar-refractivity contribution in [3.05, 3.63) is 35.9 Å². The normalized spacial score (nSPS) is 12.8. The molecule has 0 atom stereocenters. The molecular weight excluding hydrogens is 284 g/mol. The number of hydrogen-bond acceptors (Lipinski definition) is 2. The molecule has 1 aromatic rings. The highest BCUT2D eigenvalue weighted by molar-refractivity contribution is 7.87. The molecular formula is C16H28N2O2S. The van der Waals surface area contributed by atoms with Crippen molar-refractivity contribution in [1.82, 2.24) is 9.03 Å². The third kappa shape index (κ3) is 5.77. The summed E-state index contributed by atoms with van der Waals surface area (Å²) in [5, 5.41) is 0. The Labute approximate surface area is 129 Å². The van der Waals surface area contributed by atoms with Gasteiger partial charge in [-0.1, -0.05) is 58.0 Å². The van der Waals surface area contributed by atoms with E-state index in [-0.39, 0.29) is 0 Å². The van der Waals surface area contributed by atoms with E-state index in [1.165, 1.54) is 4.31 Å². The van der Waals surface area contributed by atoms with Gasteiger partial charge in [0.25, 0.3) is 10.2 Å². The van der Waals surface area contributed by atoms with E-state index in [1.54, 1.807) is 7.05 Å². The highest BCUT2D eigenvalue weighted by atomic mass is 32.2. The molecule has 5 heteroatoms. The number of benzene rings is 1. The SMILES string of the molecule is CC(C)C(CNS(=O)(=O)N(C)Cc1ccccc1)C(C)C. The molecule has 21 heavy (non-hydrogen) atoms. The molecule has 1 aromatic carbocycles. The molecule has 0 aliphatic heterocycles. The second-order valence-corrected chi connectivity index (χ2v) is 8.11. The fourth-order valence-corrected chi connectivity index (χ4v) is 3.42. The van der Waals surface area contributed by atoms with Crippen LogP contribution in [0.2, 0.25) is 0 Å². The van der Waals surface area contributed by atoms with Crippen LogP contribution in [0.4, 0.5) is 0 Å². The largest absolute Gasteiger partial charge is 0.279 e. The minimum Gasteiger partial charge on any atom is -0.202 e. The first kappa shape index (κ1) is 18.1. The zero-order chi connectivity index (χ0) is 16.0. The third-order valence-electron chi connectivity index (χ3n) is 3.87. The lowest BCUT2D eigenvalue weighted by Crippen LogP contribution is -2.41. The molecule has 0 unspecified atom stereocenters. The molecule has 0 aliphatic carbocycles. The minimum absolute atomic E-state index is 0.338. The highest BCUT2D eigenvalue weighted by Crippen LogP contribution is 2.20. The molecule has 0 spiro atoms. The van der Waals surface area contributed by atoms with Gasteiger partial charge in [-0.25, -0.2) is 4.72 Å². The molecule has 0 fully saturated rings. The van der Waals surface area contributed by atoms with Gasteiger partial charge in [0.15, 0.2) is 0 Å². The topological polar surface area (TPSA) is 49.4 Å². The van der Waals surface area contributed by atoms with Gasteiger partial charge in [-0.05, 0) is 23.3 Å². The first-order valence-corrected chi connectivity index (χ1v) is 8.93. The summed E-state index contributed by atoms with van der Waals surface area (Å²) in [6.07, 6.45) is 0. The standard InChI is InChI=1S/C16H28N2O2S/c1-13(2)16(14(3)4)11-17-21(19,20)18(5)12-15-9-7-6-8-10-15/h6-10,13-14,16-17H,11-12H2,1-5H3. The number of nitrogens with zero attached hydrogens (tertiary/aromatic N) is 1. The molecule has 120 valence electrons. The van der Waals surface area contributed by atoms with Gasteiger partial charge >= 0.3 is 0 Å². The van der Waals surface area contributed by atoms with Gasteiger partial charge in [-0.3, -0.25) is 0 Å². The predicted molar refractivity (Wildman–Crippen MR) is 88.0 cm³/mol. The van der Waals surface area contributed by atoms with Crippen molar-refractivity contribution in [2.45, 2.75) is 34.2 Å². The molecule has 0 aromatic heterocycles. The summed E-state index contributed by atoms with van der Waals surface area (Å²) in [6, 6.07) is 9.60. The Morgan fingerprint density at radius 1 is 1.05 bits per heavy atom. The summed E-state index contributed by atoms with van der Waals surface area (Å²) < 4.78 is 28.7. The van der Waals surface area contributed by atoms with Crippen LogP contribution in [0, 0.1) is 17.8 Å². The Morgan fingerprint density at radius 3 is 2.05 bits per heavy atom. The van der Waals surface area contributed by atoms with E-state index in [2.05, 4.69) is 32.4 Å². The van der Waals surface area contributed by atoms with E-state index in [0.717, 1.165) is 5.56 Å². The molecule has 1 rings (SSSR count). The van der Waals surface area contributed by atoms with Gasteiger partial charge < -0.3 is 0 Å². The van der Waals surface area contributed by atoms with Crippen LogP contribution in [0.5, 0.6) is 0 Å². The Hall–Kier alpha value is -0.910. The van der Waals surface area contributed by atoms with Gasteiger partial charge in [-0.15, -0.1) is 0 Å². The van der Waals surface area contributed by atoms with Crippen LogP contribution in [0.3, 0.4) is 0 Å². The van der Waals surface area contributed by atoms with E-state index < -0.39 is 10.2 Å². The molecule has 0 aliphatic rings. The lowest BCUT2D eigenvalue weighted by molar-refractivity contribution is 0.286. The summed E-state index contributed by atoms with van der Waals surface area (Å²) in [7, 11) is -1.83. The lowest BCUT2D eigenvalue weighted by Gasteiger charge is -2.26. The maximum atomic E-state index is 12.3. The van der Waals surface area contributed by atoms with Gasteiger partial charge in [0.05, 0.1) is 0 Å². The fourth-order valence-electron chi connectivity index (χ4n) is 2.48. The summed E-state index contributed by atoms with van der Waals surface area (Å²) in [5.74, 6) is 1.24. The van der Waals surface area contributed by atoms with Gasteiger partial charge in [0, 0.05) is 20.1 Å². The monoisotopic (exact) mass is 312 g/mol. The molecule has 0 saturated carbocycles. The van der Waals surface area contributed by atoms with E-state index >= 15 is 0 Å². The fraction of sp³-hybridized carbons (Fsp3) is 0.625. The molecule has 0 amide bonds. The zero-order valence-corrected chi connectivity index (χ0v) is 14.5. The maximum Gasteiger partial charge on any atom is 0.279 e. The van der Waals surface area contributed by atoms with Crippen molar-refractivity contribution in [2.24, 2.45) is 17.8 Å². The quantitative estimate of drug-likeness (QED) is 0.802. The van der Waals surface area contributed by atoms with E-state index in [0.29, 0.717) is 30.8 Å². The van der Waals surface area contributed by atoms with E-state index in [4.69, 9.17) is 0 Å². The van der Waals surface area contributed by atoms with Gasteiger partial charge in [0.1, 0.15) is 0 Å². The molecule has 0 heterocycles. The van der Waals surface area contributed by atoms with E-state index in [1.807, 2.05) is 30.3 Å². The minimum atomic E-state index is -3.44. The van der Waals surface area contributed by atoms with Crippen molar-refractivity contribution in [3.8, 4) is 0 Å². The Bertz CT molecular complexity index is 504. The molecule has 4 nitrogen and oxygen atoms in total. The van der Waals surface area contributed by atoms with Crippen molar-refractivity contribution >= 4 is 10.2 Å². The number of nitrogens with one attached hydrogen (secondary N) is 1. The van der Waals surface area contributed by atoms with Crippen LogP contribution >= 0.6 is 0 Å². The van der Waals surface area contributed by atoms with Crippen molar-refractivity contribution in [1.29, 1.82) is 0 Å². The highest BCUT2D eigenvalue weighted by Gasteiger charge is 2.23. The lowest BCUT2D eigenvalue weighted by atomic mass is 9.86. The van der Waals surface area contributed by atoms with Gasteiger partial charge in [-0.2, -0.15) is 12.7 Å². The summed E-state index contributed by atoms with van der Waals surface area (Å²) >= 11 is 0.